The van der Waals surface area contributed by atoms with E-state index in [0.29, 0.717) is 12.0 Å². The number of piperidine rings is 2. The van der Waals surface area contributed by atoms with Gasteiger partial charge in [-0.1, -0.05) is 6.07 Å². The SMILES string of the molecule is CCNC(=NCC1CCCN(C)C1)NC1CCN(c2ccccn2)CC1.I. The Bertz CT molecular complexity index is 559. The molecule has 0 saturated carbocycles. The van der Waals surface area contributed by atoms with Crippen LogP contribution in [0.4, 0.5) is 5.82 Å². The molecule has 0 radical (unpaired) electrons. The fourth-order valence-electron chi connectivity index (χ4n) is 3.95. The highest BCUT2D eigenvalue weighted by Crippen LogP contribution is 2.18. The number of aromatic nitrogens is 1. The summed E-state index contributed by atoms with van der Waals surface area (Å²) < 4.78 is 0. The molecule has 1 unspecified atom stereocenters. The van der Waals surface area contributed by atoms with Gasteiger partial charge in [-0.2, -0.15) is 0 Å². The van der Waals surface area contributed by atoms with Crippen LogP contribution < -0.4 is 15.5 Å². The number of rotatable bonds is 5. The van der Waals surface area contributed by atoms with Crippen molar-refractivity contribution in [3.63, 3.8) is 0 Å². The van der Waals surface area contributed by atoms with Crippen molar-refractivity contribution in [2.24, 2.45) is 10.9 Å². The molecular weight excluding hydrogens is 451 g/mol. The van der Waals surface area contributed by atoms with Gasteiger partial charge in [0.15, 0.2) is 5.96 Å². The maximum absolute atomic E-state index is 4.88. The number of likely N-dealkylation sites (tertiary alicyclic amines) is 1. The van der Waals surface area contributed by atoms with E-state index in [0.717, 1.165) is 50.8 Å². The molecule has 1 aromatic heterocycles. The minimum absolute atomic E-state index is 0. The second-order valence-corrected chi connectivity index (χ2v) is 7.58. The molecule has 0 aliphatic carbocycles. The minimum Gasteiger partial charge on any atom is -0.357 e. The molecule has 7 heteroatoms. The Morgan fingerprint density at radius 2 is 2.04 bits per heavy atom. The lowest BCUT2D eigenvalue weighted by atomic mass is 9.99. The highest BCUT2D eigenvalue weighted by molar-refractivity contribution is 14.0. The Labute approximate surface area is 181 Å². The molecular formula is C20H35IN6. The third kappa shape index (κ3) is 7.10. The van der Waals surface area contributed by atoms with Crippen molar-refractivity contribution in [1.82, 2.24) is 20.5 Å². The zero-order valence-corrected chi connectivity index (χ0v) is 19.1. The quantitative estimate of drug-likeness (QED) is 0.381. The molecule has 0 amide bonds. The molecule has 3 heterocycles. The first-order valence-corrected chi connectivity index (χ1v) is 10.1. The summed E-state index contributed by atoms with van der Waals surface area (Å²) in [6, 6.07) is 6.62. The van der Waals surface area contributed by atoms with Crippen LogP contribution in [0.5, 0.6) is 0 Å². The molecule has 0 spiro atoms. The van der Waals surface area contributed by atoms with Crippen molar-refractivity contribution in [1.29, 1.82) is 0 Å². The van der Waals surface area contributed by atoms with E-state index in [2.05, 4.69) is 51.5 Å². The Kier molecular flexibility index (Phi) is 9.61. The summed E-state index contributed by atoms with van der Waals surface area (Å²) in [5.74, 6) is 2.76. The van der Waals surface area contributed by atoms with Gasteiger partial charge in [0.1, 0.15) is 5.82 Å². The van der Waals surface area contributed by atoms with Crippen LogP contribution >= 0.6 is 24.0 Å². The Morgan fingerprint density at radius 3 is 2.70 bits per heavy atom. The molecule has 2 fully saturated rings. The first-order chi connectivity index (χ1) is 12.7. The minimum atomic E-state index is 0. The standard InChI is InChI=1S/C20H34N6.HI/c1-3-21-20(23-15-17-7-6-12-25(2)16-17)24-18-9-13-26(14-10-18)19-8-4-5-11-22-19;/h4-5,8,11,17-18H,3,6-7,9-10,12-16H2,1-2H3,(H2,21,23,24);1H. The van der Waals surface area contributed by atoms with Gasteiger partial charge in [0, 0.05) is 45.0 Å². The lowest BCUT2D eigenvalue weighted by Gasteiger charge is -2.34. The predicted octanol–water partition coefficient (Wildman–Crippen LogP) is 2.57. The summed E-state index contributed by atoms with van der Waals surface area (Å²) in [5.41, 5.74) is 0. The predicted molar refractivity (Wildman–Crippen MR) is 124 cm³/mol. The van der Waals surface area contributed by atoms with E-state index in [1.807, 2.05) is 12.3 Å². The molecule has 1 aromatic rings. The lowest BCUT2D eigenvalue weighted by Crippen LogP contribution is -2.49. The van der Waals surface area contributed by atoms with Gasteiger partial charge >= 0.3 is 0 Å². The molecule has 1 atom stereocenters. The van der Waals surface area contributed by atoms with E-state index < -0.39 is 0 Å². The summed E-state index contributed by atoms with van der Waals surface area (Å²) in [7, 11) is 2.22. The average Bonchev–Trinajstić information content (AvgIpc) is 2.68. The lowest BCUT2D eigenvalue weighted by molar-refractivity contribution is 0.214. The fourth-order valence-corrected chi connectivity index (χ4v) is 3.95. The van der Waals surface area contributed by atoms with Gasteiger partial charge in [-0.3, -0.25) is 4.99 Å². The monoisotopic (exact) mass is 486 g/mol. The van der Waals surface area contributed by atoms with E-state index >= 15 is 0 Å². The normalized spacial score (nSPS) is 22.2. The molecule has 152 valence electrons. The molecule has 0 bridgehead atoms. The van der Waals surface area contributed by atoms with Gasteiger partial charge in [-0.05, 0) is 64.3 Å². The van der Waals surface area contributed by atoms with Crippen molar-refractivity contribution in [2.75, 3.05) is 51.2 Å². The smallest absolute Gasteiger partial charge is 0.191 e. The second-order valence-electron chi connectivity index (χ2n) is 7.58. The second kappa shape index (κ2) is 11.7. The zero-order valence-electron chi connectivity index (χ0n) is 16.7. The fraction of sp³-hybridized carbons (Fsp3) is 0.700. The number of anilines is 1. The Morgan fingerprint density at radius 1 is 1.22 bits per heavy atom. The summed E-state index contributed by atoms with van der Waals surface area (Å²) in [6.07, 6.45) is 6.71. The van der Waals surface area contributed by atoms with Crippen LogP contribution in [0.15, 0.2) is 29.4 Å². The van der Waals surface area contributed by atoms with Crippen LogP contribution in [0.3, 0.4) is 0 Å². The van der Waals surface area contributed by atoms with E-state index in [1.54, 1.807) is 0 Å². The molecule has 2 aliphatic heterocycles. The third-order valence-corrected chi connectivity index (χ3v) is 5.38. The van der Waals surface area contributed by atoms with Gasteiger partial charge in [-0.25, -0.2) is 4.98 Å². The first-order valence-electron chi connectivity index (χ1n) is 10.1. The van der Waals surface area contributed by atoms with Gasteiger partial charge in [0.25, 0.3) is 0 Å². The molecule has 2 saturated heterocycles. The molecule has 0 aromatic carbocycles. The number of aliphatic imine (C=N–C) groups is 1. The van der Waals surface area contributed by atoms with Crippen LogP contribution in [0.2, 0.25) is 0 Å². The van der Waals surface area contributed by atoms with Crippen LogP contribution in [-0.2, 0) is 0 Å². The van der Waals surface area contributed by atoms with Gasteiger partial charge in [0.2, 0.25) is 0 Å². The number of pyridine rings is 1. The number of guanidine groups is 1. The number of nitrogens with one attached hydrogen (secondary N) is 2. The summed E-state index contributed by atoms with van der Waals surface area (Å²) >= 11 is 0. The topological polar surface area (TPSA) is 55.8 Å². The highest BCUT2D eigenvalue weighted by atomic mass is 127. The molecule has 2 aliphatic rings. The zero-order chi connectivity index (χ0) is 18.2. The van der Waals surface area contributed by atoms with Crippen molar-refractivity contribution in [3.05, 3.63) is 24.4 Å². The summed E-state index contributed by atoms with van der Waals surface area (Å²) in [4.78, 5) is 14.2. The third-order valence-electron chi connectivity index (χ3n) is 5.38. The maximum atomic E-state index is 4.88. The summed E-state index contributed by atoms with van der Waals surface area (Å²) in [6.45, 7) is 8.45. The highest BCUT2D eigenvalue weighted by Gasteiger charge is 2.21. The largest absolute Gasteiger partial charge is 0.357 e. The average molecular weight is 486 g/mol. The van der Waals surface area contributed by atoms with Gasteiger partial charge < -0.3 is 20.4 Å². The maximum Gasteiger partial charge on any atom is 0.191 e. The van der Waals surface area contributed by atoms with Crippen LogP contribution in [-0.4, -0.2) is 68.2 Å². The number of hydrogen-bond donors (Lipinski definition) is 2. The first kappa shape index (κ1) is 22.2. The van der Waals surface area contributed by atoms with E-state index in [-0.39, 0.29) is 24.0 Å². The number of hydrogen-bond acceptors (Lipinski definition) is 4. The van der Waals surface area contributed by atoms with Gasteiger partial charge in [0.05, 0.1) is 0 Å². The van der Waals surface area contributed by atoms with E-state index in [1.165, 1.54) is 25.9 Å². The Hall–Kier alpha value is -1.09. The molecule has 6 nitrogen and oxygen atoms in total. The molecule has 27 heavy (non-hydrogen) atoms. The van der Waals surface area contributed by atoms with Crippen molar-refractivity contribution in [3.8, 4) is 0 Å². The molecule has 2 N–H and O–H groups in total. The van der Waals surface area contributed by atoms with Gasteiger partial charge in [-0.15, -0.1) is 24.0 Å². The van der Waals surface area contributed by atoms with E-state index in [4.69, 9.17) is 4.99 Å². The van der Waals surface area contributed by atoms with Crippen molar-refractivity contribution < 1.29 is 0 Å². The molecule has 3 rings (SSSR count). The van der Waals surface area contributed by atoms with Crippen LogP contribution in [0.1, 0.15) is 32.6 Å². The summed E-state index contributed by atoms with van der Waals surface area (Å²) in [5, 5.41) is 7.08. The number of halogens is 1. The number of nitrogens with zero attached hydrogens (tertiary/aromatic N) is 4. The Balaban J connectivity index is 0.00000261. The van der Waals surface area contributed by atoms with Crippen molar-refractivity contribution >= 4 is 35.8 Å². The van der Waals surface area contributed by atoms with E-state index in [9.17, 15) is 0 Å². The van der Waals surface area contributed by atoms with Crippen molar-refractivity contribution in [2.45, 2.75) is 38.6 Å². The van der Waals surface area contributed by atoms with Crippen LogP contribution in [0.25, 0.3) is 0 Å². The van der Waals surface area contributed by atoms with Crippen LogP contribution in [0, 0.1) is 5.92 Å².